The zero-order chi connectivity index (χ0) is 23.3. The summed E-state index contributed by atoms with van der Waals surface area (Å²) in [6.07, 6.45) is 4.07. The van der Waals surface area contributed by atoms with Crippen molar-refractivity contribution in [3.05, 3.63) is 53.0 Å². The van der Waals surface area contributed by atoms with Gasteiger partial charge in [0.05, 0.1) is 17.9 Å². The third kappa shape index (κ3) is 8.88. The van der Waals surface area contributed by atoms with Crippen LogP contribution < -0.4 is 4.74 Å². The van der Waals surface area contributed by atoms with Crippen LogP contribution in [0.25, 0.3) is 12.2 Å². The molecule has 0 saturated heterocycles. The van der Waals surface area contributed by atoms with Gasteiger partial charge in [-0.2, -0.15) is 0 Å². The van der Waals surface area contributed by atoms with Crippen molar-refractivity contribution < 1.29 is 31.5 Å². The lowest BCUT2D eigenvalue weighted by Gasteiger charge is -2.14. The average molecular weight is 428 g/mol. The van der Waals surface area contributed by atoms with Gasteiger partial charge in [-0.15, -0.1) is 0 Å². The second-order valence-corrected chi connectivity index (χ2v) is 8.88. The maximum absolute atomic E-state index is 9.75. The van der Waals surface area contributed by atoms with Gasteiger partial charge in [0.15, 0.2) is 11.5 Å². The molecule has 1 aromatic carbocycles. The maximum Gasteiger partial charge on any atom is 0.673 e. The molecule has 0 fully saturated rings. The summed E-state index contributed by atoms with van der Waals surface area (Å²) in [5.74, 6) is 2.53. The van der Waals surface area contributed by atoms with Crippen molar-refractivity contribution >= 4 is 19.4 Å². The zero-order valence-electron chi connectivity index (χ0n) is 18.4. The Morgan fingerprint density at radius 2 is 1.27 bits per heavy atom. The van der Waals surface area contributed by atoms with Gasteiger partial charge in [0.1, 0.15) is 0 Å². The molecule has 0 radical (unpaired) electrons. The molecule has 1 heterocycles. The van der Waals surface area contributed by atoms with Gasteiger partial charge in [-0.25, -0.2) is 4.42 Å². The van der Waals surface area contributed by atoms with Crippen LogP contribution in [0.5, 0.6) is 11.5 Å². The first kappa shape index (κ1) is 25.5. The fourth-order valence-corrected chi connectivity index (χ4v) is 2.35. The summed E-state index contributed by atoms with van der Waals surface area (Å²) in [6.45, 7) is 12.9. The van der Waals surface area contributed by atoms with Gasteiger partial charge < -0.3 is 27.1 Å². The van der Waals surface area contributed by atoms with E-state index in [2.05, 4.69) is 59.8 Å². The molecule has 0 aliphatic heterocycles. The monoisotopic (exact) mass is 428 g/mol. The lowest BCUT2D eigenvalue weighted by atomic mass is 9.88. The van der Waals surface area contributed by atoms with E-state index in [1.165, 1.54) is 0 Å². The number of rotatable bonds is 3. The van der Waals surface area contributed by atoms with Gasteiger partial charge in [0.2, 0.25) is 0 Å². The van der Waals surface area contributed by atoms with Crippen molar-refractivity contribution in [1.82, 2.24) is 0 Å². The maximum atomic E-state index is 9.75. The second kappa shape index (κ2) is 9.54. The molecule has 2 rings (SSSR count). The smallest absolute Gasteiger partial charge is 0.504 e. The van der Waals surface area contributed by atoms with Crippen LogP contribution in [0.15, 0.2) is 34.7 Å². The van der Waals surface area contributed by atoms with Crippen LogP contribution in [0, 0.1) is 0 Å². The first-order chi connectivity index (χ1) is 13.5. The van der Waals surface area contributed by atoms with Gasteiger partial charge in [-0.3, -0.25) is 0 Å². The molecule has 0 bridgehead atoms. The molecular formula is C22H29BF4O3. The number of hydrogen-bond acceptors (Lipinski definition) is 2. The van der Waals surface area contributed by atoms with Crippen LogP contribution in [-0.2, 0) is 10.8 Å². The van der Waals surface area contributed by atoms with Crippen LogP contribution in [0.2, 0.25) is 0 Å². The molecule has 30 heavy (non-hydrogen) atoms. The van der Waals surface area contributed by atoms with Crippen molar-refractivity contribution in [1.29, 1.82) is 0 Å². The zero-order valence-corrected chi connectivity index (χ0v) is 18.4. The number of phenols is 1. The van der Waals surface area contributed by atoms with Gasteiger partial charge in [0, 0.05) is 12.1 Å². The summed E-state index contributed by atoms with van der Waals surface area (Å²) in [5.41, 5.74) is 1.93. The first-order valence-electron chi connectivity index (χ1n) is 9.42. The van der Waals surface area contributed by atoms with Crippen LogP contribution in [0.4, 0.5) is 17.3 Å². The van der Waals surface area contributed by atoms with Crippen molar-refractivity contribution in [3.8, 4) is 11.5 Å². The Hall–Kier alpha value is -2.51. The highest BCUT2D eigenvalue weighted by Crippen LogP contribution is 2.31. The van der Waals surface area contributed by atoms with Crippen LogP contribution in [0.1, 0.15) is 64.2 Å². The van der Waals surface area contributed by atoms with Crippen molar-refractivity contribution in [2.45, 2.75) is 52.4 Å². The van der Waals surface area contributed by atoms with E-state index in [0.717, 1.165) is 22.6 Å². The van der Waals surface area contributed by atoms with E-state index in [1.807, 2.05) is 18.2 Å². The standard InChI is InChI=1S/C22H28O3.BF4/c1-21(2,3)19-13-16(14-20(25-19)22(4,5)6)9-8-15-10-11-17(23)18(12-15)24-7;2-1(3,4)5/h8-14H,1-7H3;/q;-1/p+1. The molecule has 0 aliphatic carbocycles. The van der Waals surface area contributed by atoms with Gasteiger partial charge in [0.25, 0.3) is 0 Å². The SMILES string of the molecule is COc1cc(C=Cc2cc(C(C)(C)C)[o+]c(C(C)(C)C)c2)ccc1O.F[B-](F)(F)F. The molecule has 0 amide bonds. The predicted octanol–water partition coefficient (Wildman–Crippen LogP) is 7.34. The molecule has 0 aliphatic rings. The van der Waals surface area contributed by atoms with Crippen LogP contribution in [-0.4, -0.2) is 19.5 Å². The third-order valence-corrected chi connectivity index (χ3v) is 3.97. The Morgan fingerprint density at radius 1 is 0.833 bits per heavy atom. The van der Waals surface area contributed by atoms with Crippen LogP contribution >= 0.6 is 0 Å². The fourth-order valence-electron chi connectivity index (χ4n) is 2.35. The lowest BCUT2D eigenvalue weighted by Crippen LogP contribution is -2.16. The number of aromatic hydroxyl groups is 1. The second-order valence-electron chi connectivity index (χ2n) is 8.88. The van der Waals surface area contributed by atoms with E-state index in [0.29, 0.717) is 5.75 Å². The predicted molar refractivity (Wildman–Crippen MR) is 114 cm³/mol. The first-order valence-corrected chi connectivity index (χ1v) is 9.42. The molecule has 0 unspecified atom stereocenters. The quantitative estimate of drug-likeness (QED) is 0.316. The highest BCUT2D eigenvalue weighted by Gasteiger charge is 2.33. The van der Waals surface area contributed by atoms with Crippen molar-refractivity contribution in [3.63, 3.8) is 0 Å². The van der Waals surface area contributed by atoms with E-state index >= 15 is 0 Å². The minimum Gasteiger partial charge on any atom is -0.504 e. The number of hydrogen-bond donors (Lipinski definition) is 1. The van der Waals surface area contributed by atoms with Gasteiger partial charge >= 0.3 is 18.8 Å². The van der Waals surface area contributed by atoms with Gasteiger partial charge in [-0.05, 0) is 64.8 Å². The number of ether oxygens (including phenoxy) is 1. The molecule has 1 aromatic heterocycles. The molecule has 1 N–H and O–H groups in total. The van der Waals surface area contributed by atoms with E-state index < -0.39 is 7.25 Å². The Morgan fingerprint density at radius 3 is 1.67 bits per heavy atom. The minimum absolute atomic E-state index is 0.0639. The molecule has 0 atom stereocenters. The normalized spacial score (nSPS) is 12.5. The summed E-state index contributed by atoms with van der Waals surface area (Å²) >= 11 is 0. The number of methoxy groups -OCH3 is 1. The fraction of sp³-hybridized carbons (Fsp3) is 0.409. The Balaban J connectivity index is 0.000000804. The highest BCUT2D eigenvalue weighted by molar-refractivity contribution is 6.50. The summed E-state index contributed by atoms with van der Waals surface area (Å²) in [7, 11) is -4.45. The van der Waals surface area contributed by atoms with E-state index in [1.54, 1.807) is 13.2 Å². The summed E-state index contributed by atoms with van der Waals surface area (Å²) in [6, 6.07) is 9.48. The minimum atomic E-state index is -6.00. The Bertz CT molecular complexity index is 841. The van der Waals surface area contributed by atoms with E-state index in [4.69, 9.17) is 9.15 Å². The highest BCUT2D eigenvalue weighted by atomic mass is 19.5. The molecule has 3 nitrogen and oxygen atoms in total. The summed E-state index contributed by atoms with van der Waals surface area (Å²) in [4.78, 5) is 0. The lowest BCUT2D eigenvalue weighted by molar-refractivity contribution is 0.328. The van der Waals surface area contributed by atoms with Crippen molar-refractivity contribution in [2.75, 3.05) is 7.11 Å². The average Bonchev–Trinajstić information content (AvgIpc) is 2.58. The molecule has 0 saturated carbocycles. The number of benzene rings is 1. The Labute approximate surface area is 175 Å². The Kier molecular flexibility index (Phi) is 8.12. The topological polar surface area (TPSA) is 40.8 Å². The number of halogens is 4. The molecule has 2 aromatic rings. The van der Waals surface area contributed by atoms with Crippen molar-refractivity contribution in [2.24, 2.45) is 0 Å². The molecular weight excluding hydrogens is 399 g/mol. The molecule has 8 heteroatoms. The molecule has 166 valence electrons. The van der Waals surface area contributed by atoms with Gasteiger partial charge in [-0.1, -0.05) is 18.2 Å². The number of phenolic OH excluding ortho intramolecular Hbond substituents is 1. The largest absolute Gasteiger partial charge is 0.673 e. The van der Waals surface area contributed by atoms with E-state index in [-0.39, 0.29) is 16.6 Å². The molecule has 0 spiro atoms. The summed E-state index contributed by atoms with van der Waals surface area (Å²) < 4.78 is 50.3. The third-order valence-electron chi connectivity index (χ3n) is 3.97. The summed E-state index contributed by atoms with van der Waals surface area (Å²) in [5, 5.41) is 9.71. The van der Waals surface area contributed by atoms with E-state index in [9.17, 15) is 22.4 Å². The van der Waals surface area contributed by atoms with Crippen LogP contribution in [0.3, 0.4) is 0 Å².